The fourth-order valence-corrected chi connectivity index (χ4v) is 5.61. The van der Waals surface area contributed by atoms with Crippen molar-refractivity contribution in [3.63, 3.8) is 0 Å². The zero-order valence-electron chi connectivity index (χ0n) is 15.1. The fourth-order valence-electron chi connectivity index (χ4n) is 3.41. The summed E-state index contributed by atoms with van der Waals surface area (Å²) in [5.41, 5.74) is 0. The van der Waals surface area contributed by atoms with Gasteiger partial charge in [0, 0.05) is 32.4 Å². The van der Waals surface area contributed by atoms with Gasteiger partial charge in [-0.3, -0.25) is 4.79 Å². The summed E-state index contributed by atoms with van der Waals surface area (Å²) in [7, 11) is -3.44. The third-order valence-electron chi connectivity index (χ3n) is 4.96. The smallest absolute Gasteiger partial charge is 0.244 e. The number of hydrogen-bond donors (Lipinski definition) is 0. The van der Waals surface area contributed by atoms with Crippen LogP contribution in [0.4, 0.5) is 0 Å². The number of piperidine rings is 1. The normalized spacial score (nSPS) is 19.9. The number of rotatable bonds is 5. The van der Waals surface area contributed by atoms with Crippen molar-refractivity contribution in [2.75, 3.05) is 31.9 Å². The van der Waals surface area contributed by atoms with Gasteiger partial charge in [-0.1, -0.05) is 31.0 Å². The molecule has 2 aliphatic rings. The Kier molecular flexibility index (Phi) is 6.94. The number of amides is 1. The van der Waals surface area contributed by atoms with Gasteiger partial charge in [-0.05, 0) is 37.8 Å². The van der Waals surface area contributed by atoms with E-state index in [2.05, 4.69) is 4.98 Å². The Hall–Kier alpha value is -1.12. The molecule has 0 spiro atoms. The van der Waals surface area contributed by atoms with E-state index in [1.54, 1.807) is 16.4 Å². The average Bonchev–Trinajstić information content (AvgIpc) is 2.97. The van der Waals surface area contributed by atoms with E-state index in [4.69, 9.17) is 0 Å². The first-order valence-corrected chi connectivity index (χ1v) is 11.9. The third kappa shape index (κ3) is 4.98. The number of carbonyl (C=O) groups excluding carboxylic acids is 1. The van der Waals surface area contributed by atoms with Crippen LogP contribution in [0.15, 0.2) is 28.3 Å². The van der Waals surface area contributed by atoms with E-state index in [-0.39, 0.29) is 10.8 Å². The predicted molar refractivity (Wildman–Crippen MR) is 103 cm³/mol. The van der Waals surface area contributed by atoms with E-state index in [9.17, 15) is 13.2 Å². The Morgan fingerprint density at radius 2 is 1.58 bits per heavy atom. The van der Waals surface area contributed by atoms with Crippen LogP contribution >= 0.6 is 11.8 Å². The molecule has 2 aliphatic heterocycles. The topological polar surface area (TPSA) is 70.6 Å². The second-order valence-electron chi connectivity index (χ2n) is 6.88. The van der Waals surface area contributed by atoms with E-state index >= 15 is 0 Å². The van der Waals surface area contributed by atoms with Crippen LogP contribution < -0.4 is 0 Å². The quantitative estimate of drug-likeness (QED) is 0.715. The van der Waals surface area contributed by atoms with Crippen LogP contribution in [0.3, 0.4) is 0 Å². The van der Waals surface area contributed by atoms with Crippen LogP contribution in [0.25, 0.3) is 0 Å². The van der Waals surface area contributed by atoms with Crippen LogP contribution in [0, 0.1) is 0 Å². The molecule has 0 bridgehead atoms. The molecule has 2 fully saturated rings. The zero-order valence-corrected chi connectivity index (χ0v) is 16.7. The van der Waals surface area contributed by atoms with Gasteiger partial charge in [0.2, 0.25) is 15.9 Å². The number of carbonyl (C=O) groups is 1. The molecule has 26 heavy (non-hydrogen) atoms. The Bertz CT molecular complexity index is 693. The highest BCUT2D eigenvalue weighted by molar-refractivity contribution is 7.99. The van der Waals surface area contributed by atoms with Crippen LogP contribution in [-0.2, 0) is 14.8 Å². The summed E-state index contributed by atoms with van der Waals surface area (Å²) in [5, 5.41) is 0.686. The summed E-state index contributed by atoms with van der Waals surface area (Å²) in [6, 6.07) is 3.31. The molecule has 8 heteroatoms. The summed E-state index contributed by atoms with van der Waals surface area (Å²) in [6.07, 6.45) is 8.90. The van der Waals surface area contributed by atoms with Crippen LogP contribution in [0.5, 0.6) is 0 Å². The van der Waals surface area contributed by atoms with Crippen molar-refractivity contribution in [2.24, 2.45) is 0 Å². The molecule has 2 saturated heterocycles. The van der Waals surface area contributed by atoms with Crippen LogP contribution in [0.2, 0.25) is 0 Å². The van der Waals surface area contributed by atoms with Gasteiger partial charge in [-0.15, -0.1) is 0 Å². The van der Waals surface area contributed by atoms with E-state index in [1.807, 2.05) is 4.90 Å². The fraction of sp³-hybridized carbons (Fsp3) is 0.667. The average molecular weight is 398 g/mol. The van der Waals surface area contributed by atoms with Crippen LogP contribution in [-0.4, -0.2) is 60.4 Å². The van der Waals surface area contributed by atoms with Crippen molar-refractivity contribution < 1.29 is 13.2 Å². The summed E-state index contributed by atoms with van der Waals surface area (Å²) in [6.45, 7) is 2.87. The molecule has 6 nitrogen and oxygen atoms in total. The molecule has 1 amide bonds. The number of thioether (sulfide) groups is 1. The summed E-state index contributed by atoms with van der Waals surface area (Å²) in [4.78, 5) is 18.8. The molecule has 0 unspecified atom stereocenters. The monoisotopic (exact) mass is 397 g/mol. The second-order valence-corrected chi connectivity index (χ2v) is 9.81. The molecule has 0 aliphatic carbocycles. The molecule has 0 saturated carbocycles. The maximum atomic E-state index is 12.6. The number of hydrogen-bond acceptors (Lipinski definition) is 5. The van der Waals surface area contributed by atoms with Crippen molar-refractivity contribution in [2.45, 2.75) is 54.9 Å². The van der Waals surface area contributed by atoms with Crippen molar-refractivity contribution in [3.8, 4) is 0 Å². The molecule has 144 valence electrons. The minimum atomic E-state index is -3.44. The van der Waals surface area contributed by atoms with Gasteiger partial charge >= 0.3 is 0 Å². The van der Waals surface area contributed by atoms with Crippen molar-refractivity contribution in [3.05, 3.63) is 18.3 Å². The summed E-state index contributed by atoms with van der Waals surface area (Å²) < 4.78 is 26.8. The third-order valence-corrected chi connectivity index (χ3v) is 7.78. The molecular weight excluding hydrogens is 370 g/mol. The molecular formula is C18H27N3O3S2. The van der Waals surface area contributed by atoms with Gasteiger partial charge in [-0.2, -0.15) is 4.31 Å². The highest BCUT2D eigenvalue weighted by atomic mass is 32.2. The summed E-state index contributed by atoms with van der Waals surface area (Å²) >= 11 is 1.37. The predicted octanol–water partition coefficient (Wildman–Crippen LogP) is 2.75. The Balaban J connectivity index is 1.56. The number of likely N-dealkylation sites (tertiary alicyclic amines) is 1. The van der Waals surface area contributed by atoms with Crippen molar-refractivity contribution in [1.29, 1.82) is 0 Å². The Morgan fingerprint density at radius 3 is 2.19 bits per heavy atom. The largest absolute Gasteiger partial charge is 0.342 e. The van der Waals surface area contributed by atoms with Gasteiger partial charge in [0.05, 0.1) is 10.8 Å². The summed E-state index contributed by atoms with van der Waals surface area (Å²) in [5.74, 6) is 0.495. The molecule has 3 rings (SSSR count). The lowest BCUT2D eigenvalue weighted by molar-refractivity contribution is -0.128. The lowest BCUT2D eigenvalue weighted by Crippen LogP contribution is -2.35. The minimum Gasteiger partial charge on any atom is -0.342 e. The lowest BCUT2D eigenvalue weighted by atomic mass is 10.2. The first kappa shape index (κ1) is 19.6. The lowest BCUT2D eigenvalue weighted by Gasteiger charge is -2.25. The first-order valence-electron chi connectivity index (χ1n) is 9.44. The van der Waals surface area contributed by atoms with E-state index in [0.717, 1.165) is 45.2 Å². The van der Waals surface area contributed by atoms with Gasteiger partial charge in [0.1, 0.15) is 4.90 Å². The molecule has 3 heterocycles. The maximum Gasteiger partial charge on any atom is 0.244 e. The van der Waals surface area contributed by atoms with Gasteiger partial charge in [-0.25, -0.2) is 13.4 Å². The zero-order chi connectivity index (χ0) is 18.4. The molecule has 1 aromatic rings. The number of pyridine rings is 1. The highest BCUT2D eigenvalue weighted by Gasteiger charge is 2.26. The van der Waals surface area contributed by atoms with Gasteiger partial charge in [0.15, 0.2) is 0 Å². The van der Waals surface area contributed by atoms with Gasteiger partial charge < -0.3 is 4.90 Å². The SMILES string of the molecule is O=C(CSc1ccc(S(=O)(=O)N2CCCCC2)cn1)N1CCCCCC1. The Morgan fingerprint density at radius 1 is 0.962 bits per heavy atom. The van der Waals surface area contributed by atoms with Crippen molar-refractivity contribution >= 4 is 27.7 Å². The van der Waals surface area contributed by atoms with E-state index in [1.165, 1.54) is 30.8 Å². The van der Waals surface area contributed by atoms with E-state index < -0.39 is 10.0 Å². The molecule has 1 aromatic heterocycles. The number of sulfonamides is 1. The maximum absolute atomic E-state index is 12.6. The van der Waals surface area contributed by atoms with Crippen LogP contribution in [0.1, 0.15) is 44.9 Å². The van der Waals surface area contributed by atoms with Crippen molar-refractivity contribution in [1.82, 2.24) is 14.2 Å². The second kappa shape index (κ2) is 9.19. The van der Waals surface area contributed by atoms with E-state index in [0.29, 0.717) is 23.9 Å². The number of nitrogens with zero attached hydrogens (tertiary/aromatic N) is 3. The highest BCUT2D eigenvalue weighted by Crippen LogP contribution is 2.23. The molecule has 0 radical (unpaired) electrons. The molecule has 0 N–H and O–H groups in total. The number of aromatic nitrogens is 1. The first-order chi connectivity index (χ1) is 12.6. The Labute approximate surface area is 160 Å². The molecule has 0 atom stereocenters. The van der Waals surface area contributed by atoms with Gasteiger partial charge in [0.25, 0.3) is 0 Å². The standard InChI is InChI=1S/C18H27N3O3S2/c22-18(20-10-4-1-2-5-11-20)15-25-17-9-8-16(14-19-17)26(23,24)21-12-6-3-7-13-21/h8-9,14H,1-7,10-13,15H2. The minimum absolute atomic E-state index is 0.142. The molecule has 0 aromatic carbocycles.